The summed E-state index contributed by atoms with van der Waals surface area (Å²) in [5.41, 5.74) is 0.870. The second-order valence-corrected chi connectivity index (χ2v) is 4.40. The van der Waals surface area contributed by atoms with Crippen molar-refractivity contribution in [2.75, 3.05) is 0 Å². The van der Waals surface area contributed by atoms with Gasteiger partial charge in [-0.2, -0.15) is 0 Å². The standard InChI is InChI=1S/C15H16O2/c16-14-9-5-4-8-13(14)15(17)11-10-12-6-2-1-3-7-12/h1-3,6-7,13,15,17H,4-5,8-9H2. The molecule has 2 nitrogen and oxygen atoms in total. The number of rotatable bonds is 1. The molecule has 1 aliphatic rings. The second-order valence-electron chi connectivity index (χ2n) is 4.40. The highest BCUT2D eigenvalue weighted by Crippen LogP contribution is 2.23. The summed E-state index contributed by atoms with van der Waals surface area (Å²) in [4.78, 5) is 11.6. The van der Waals surface area contributed by atoms with Gasteiger partial charge in [0.2, 0.25) is 0 Å². The summed E-state index contributed by atoms with van der Waals surface area (Å²) in [7, 11) is 0. The molecule has 0 aliphatic heterocycles. The van der Waals surface area contributed by atoms with Gasteiger partial charge in [0.25, 0.3) is 0 Å². The van der Waals surface area contributed by atoms with E-state index in [1.54, 1.807) is 0 Å². The number of benzene rings is 1. The Labute approximate surface area is 102 Å². The van der Waals surface area contributed by atoms with Gasteiger partial charge >= 0.3 is 0 Å². The molecule has 0 saturated heterocycles. The number of aliphatic hydroxyl groups is 1. The van der Waals surface area contributed by atoms with Crippen molar-refractivity contribution >= 4 is 5.78 Å². The van der Waals surface area contributed by atoms with Crippen LogP contribution in [0.15, 0.2) is 30.3 Å². The molecule has 1 saturated carbocycles. The Morgan fingerprint density at radius 3 is 2.71 bits per heavy atom. The van der Waals surface area contributed by atoms with Crippen LogP contribution in [0.1, 0.15) is 31.2 Å². The minimum Gasteiger partial charge on any atom is -0.380 e. The van der Waals surface area contributed by atoms with Crippen molar-refractivity contribution in [3.63, 3.8) is 0 Å². The summed E-state index contributed by atoms with van der Waals surface area (Å²) >= 11 is 0. The van der Waals surface area contributed by atoms with Gasteiger partial charge in [-0.15, -0.1) is 0 Å². The lowest BCUT2D eigenvalue weighted by molar-refractivity contribution is -0.127. The summed E-state index contributed by atoms with van der Waals surface area (Å²) in [5.74, 6) is 5.57. The van der Waals surface area contributed by atoms with Gasteiger partial charge in [-0.05, 0) is 25.0 Å². The predicted molar refractivity (Wildman–Crippen MR) is 66.3 cm³/mol. The molecule has 1 fully saturated rings. The molecule has 2 unspecified atom stereocenters. The number of aliphatic hydroxyl groups excluding tert-OH is 1. The molecule has 0 aromatic heterocycles. The summed E-state index contributed by atoms with van der Waals surface area (Å²) in [6, 6.07) is 9.52. The first-order chi connectivity index (χ1) is 8.27. The van der Waals surface area contributed by atoms with E-state index in [1.165, 1.54) is 0 Å². The molecule has 0 radical (unpaired) electrons. The van der Waals surface area contributed by atoms with E-state index in [-0.39, 0.29) is 11.7 Å². The third-order valence-corrected chi connectivity index (χ3v) is 3.12. The maximum atomic E-state index is 11.6. The third kappa shape index (κ3) is 3.18. The average molecular weight is 228 g/mol. The molecule has 1 aliphatic carbocycles. The van der Waals surface area contributed by atoms with Crippen LogP contribution in [-0.4, -0.2) is 17.0 Å². The van der Waals surface area contributed by atoms with Gasteiger partial charge in [0.05, 0.1) is 5.92 Å². The number of carbonyl (C=O) groups excluding carboxylic acids is 1. The van der Waals surface area contributed by atoms with Crippen LogP contribution in [0.25, 0.3) is 0 Å². The fraction of sp³-hybridized carbons (Fsp3) is 0.400. The molecule has 0 spiro atoms. The van der Waals surface area contributed by atoms with Crippen LogP contribution in [0.5, 0.6) is 0 Å². The smallest absolute Gasteiger partial charge is 0.139 e. The Bertz CT molecular complexity index is 439. The van der Waals surface area contributed by atoms with E-state index < -0.39 is 6.10 Å². The molecule has 1 N–H and O–H groups in total. The molecule has 17 heavy (non-hydrogen) atoms. The minimum absolute atomic E-state index is 0.158. The van der Waals surface area contributed by atoms with Gasteiger partial charge in [-0.3, -0.25) is 4.79 Å². The van der Waals surface area contributed by atoms with E-state index in [4.69, 9.17) is 0 Å². The van der Waals surface area contributed by atoms with Crippen LogP contribution >= 0.6 is 0 Å². The molecule has 2 rings (SSSR count). The number of Topliss-reactive ketones (excluding diaryl/α,β-unsaturated/α-hetero) is 1. The highest BCUT2D eigenvalue weighted by Gasteiger charge is 2.27. The molecule has 0 heterocycles. The van der Waals surface area contributed by atoms with Crippen molar-refractivity contribution in [1.82, 2.24) is 0 Å². The van der Waals surface area contributed by atoms with Gasteiger partial charge in [-0.25, -0.2) is 0 Å². The van der Waals surface area contributed by atoms with E-state index in [0.29, 0.717) is 6.42 Å². The number of carbonyl (C=O) groups is 1. The predicted octanol–water partition coefficient (Wildman–Crippen LogP) is 2.16. The zero-order valence-electron chi connectivity index (χ0n) is 9.73. The fourth-order valence-corrected chi connectivity index (χ4v) is 2.12. The van der Waals surface area contributed by atoms with Crippen LogP contribution in [0, 0.1) is 17.8 Å². The van der Waals surface area contributed by atoms with Crippen molar-refractivity contribution in [1.29, 1.82) is 0 Å². The maximum Gasteiger partial charge on any atom is 0.139 e. The van der Waals surface area contributed by atoms with Crippen LogP contribution < -0.4 is 0 Å². The molecule has 1 aromatic rings. The van der Waals surface area contributed by atoms with Gasteiger partial charge in [0.1, 0.15) is 11.9 Å². The van der Waals surface area contributed by atoms with Crippen LogP contribution in [0.2, 0.25) is 0 Å². The molecule has 2 heteroatoms. The van der Waals surface area contributed by atoms with E-state index in [1.807, 2.05) is 30.3 Å². The van der Waals surface area contributed by atoms with Crippen molar-refractivity contribution in [3.05, 3.63) is 35.9 Å². The van der Waals surface area contributed by atoms with Crippen molar-refractivity contribution in [2.24, 2.45) is 5.92 Å². The summed E-state index contributed by atoms with van der Waals surface area (Å²) in [6.07, 6.45) is 2.51. The first kappa shape index (κ1) is 11.9. The molecular formula is C15H16O2. The molecular weight excluding hydrogens is 212 g/mol. The van der Waals surface area contributed by atoms with E-state index in [9.17, 15) is 9.90 Å². The second kappa shape index (κ2) is 5.65. The Morgan fingerprint density at radius 2 is 2.00 bits per heavy atom. The summed E-state index contributed by atoms with van der Waals surface area (Å²) in [6.45, 7) is 0. The lowest BCUT2D eigenvalue weighted by Gasteiger charge is -2.21. The number of hydrogen-bond donors (Lipinski definition) is 1. The first-order valence-electron chi connectivity index (χ1n) is 6.05. The SMILES string of the molecule is O=C1CCCCC1C(O)C#Cc1ccccc1. The zero-order chi connectivity index (χ0) is 12.1. The Hall–Kier alpha value is -1.59. The topological polar surface area (TPSA) is 37.3 Å². The van der Waals surface area contributed by atoms with Crippen LogP contribution in [0.3, 0.4) is 0 Å². The minimum atomic E-state index is -0.817. The first-order valence-corrected chi connectivity index (χ1v) is 6.05. The van der Waals surface area contributed by atoms with E-state index in [0.717, 1.165) is 24.8 Å². The quantitative estimate of drug-likeness (QED) is 0.748. The molecule has 88 valence electrons. The van der Waals surface area contributed by atoms with Crippen molar-refractivity contribution < 1.29 is 9.90 Å². The van der Waals surface area contributed by atoms with Crippen LogP contribution in [0.4, 0.5) is 0 Å². The Balaban J connectivity index is 2.04. The van der Waals surface area contributed by atoms with E-state index in [2.05, 4.69) is 11.8 Å². The highest BCUT2D eigenvalue weighted by molar-refractivity contribution is 5.82. The number of ketones is 1. The van der Waals surface area contributed by atoms with Gasteiger partial charge in [-0.1, -0.05) is 36.5 Å². The van der Waals surface area contributed by atoms with Crippen LogP contribution in [-0.2, 0) is 4.79 Å². The maximum absolute atomic E-state index is 11.6. The molecule has 0 bridgehead atoms. The summed E-state index contributed by atoms with van der Waals surface area (Å²) in [5, 5.41) is 9.91. The van der Waals surface area contributed by atoms with Gasteiger partial charge in [0, 0.05) is 12.0 Å². The Kier molecular flexibility index (Phi) is 3.95. The van der Waals surface area contributed by atoms with Crippen molar-refractivity contribution in [2.45, 2.75) is 31.8 Å². The normalized spacial score (nSPS) is 21.5. The zero-order valence-corrected chi connectivity index (χ0v) is 9.73. The molecule has 0 amide bonds. The summed E-state index contributed by atoms with van der Waals surface area (Å²) < 4.78 is 0. The molecule has 1 aromatic carbocycles. The van der Waals surface area contributed by atoms with Crippen molar-refractivity contribution in [3.8, 4) is 11.8 Å². The average Bonchev–Trinajstić information content (AvgIpc) is 2.38. The third-order valence-electron chi connectivity index (χ3n) is 3.12. The lowest BCUT2D eigenvalue weighted by Crippen LogP contribution is -2.29. The highest BCUT2D eigenvalue weighted by atomic mass is 16.3. The Morgan fingerprint density at radius 1 is 1.24 bits per heavy atom. The lowest BCUT2D eigenvalue weighted by atomic mass is 9.84. The fourth-order valence-electron chi connectivity index (χ4n) is 2.12. The largest absolute Gasteiger partial charge is 0.380 e. The van der Waals surface area contributed by atoms with Gasteiger partial charge in [0.15, 0.2) is 0 Å². The monoisotopic (exact) mass is 228 g/mol. The van der Waals surface area contributed by atoms with E-state index >= 15 is 0 Å². The number of hydrogen-bond acceptors (Lipinski definition) is 2. The molecule has 2 atom stereocenters. The van der Waals surface area contributed by atoms with Gasteiger partial charge < -0.3 is 5.11 Å².